The first-order valence-electron chi connectivity index (χ1n) is 6.84. The second kappa shape index (κ2) is 5.72. The Balaban J connectivity index is 2.14. The maximum Gasteiger partial charge on any atom is 0.0675 e. The number of nitrogen functional groups attached to an aromatic ring is 1. The molecule has 3 unspecified atom stereocenters. The van der Waals surface area contributed by atoms with Crippen LogP contribution in [-0.4, -0.2) is 30.2 Å². The van der Waals surface area contributed by atoms with Crippen molar-refractivity contribution in [2.75, 3.05) is 18.9 Å². The molecule has 0 bridgehead atoms. The monoisotopic (exact) mass is 248 g/mol. The van der Waals surface area contributed by atoms with E-state index in [9.17, 15) is 0 Å². The molecule has 2 N–H and O–H groups in total. The standard InChI is InChI=1S/C15H24N2O/c1-4-15-10-18-11(2)9-17(15)12(3)13-5-7-14(16)8-6-13/h5-8,11-12,15H,4,9-10,16H2,1-3H3. The predicted octanol–water partition coefficient (Wildman–Crippen LogP) is 2.83. The zero-order valence-electron chi connectivity index (χ0n) is 11.6. The molecule has 18 heavy (non-hydrogen) atoms. The molecule has 1 aliphatic heterocycles. The van der Waals surface area contributed by atoms with Gasteiger partial charge in [-0.05, 0) is 38.0 Å². The number of rotatable bonds is 3. The van der Waals surface area contributed by atoms with Gasteiger partial charge in [-0.25, -0.2) is 0 Å². The molecule has 1 aliphatic rings. The summed E-state index contributed by atoms with van der Waals surface area (Å²) in [6, 6.07) is 9.17. The zero-order chi connectivity index (χ0) is 13.1. The molecular weight excluding hydrogens is 224 g/mol. The second-order valence-corrected chi connectivity index (χ2v) is 5.25. The van der Waals surface area contributed by atoms with E-state index in [2.05, 4.69) is 37.8 Å². The van der Waals surface area contributed by atoms with Crippen LogP contribution in [0.3, 0.4) is 0 Å². The Hall–Kier alpha value is -1.06. The van der Waals surface area contributed by atoms with Crippen molar-refractivity contribution in [3.05, 3.63) is 29.8 Å². The van der Waals surface area contributed by atoms with E-state index >= 15 is 0 Å². The maximum atomic E-state index is 5.76. The van der Waals surface area contributed by atoms with Crippen LogP contribution in [0.15, 0.2) is 24.3 Å². The van der Waals surface area contributed by atoms with E-state index in [0.29, 0.717) is 18.2 Å². The maximum absolute atomic E-state index is 5.76. The highest BCUT2D eigenvalue weighted by atomic mass is 16.5. The largest absolute Gasteiger partial charge is 0.399 e. The number of hydrogen-bond acceptors (Lipinski definition) is 3. The molecule has 0 amide bonds. The summed E-state index contributed by atoms with van der Waals surface area (Å²) in [7, 11) is 0. The van der Waals surface area contributed by atoms with E-state index < -0.39 is 0 Å². The highest BCUT2D eigenvalue weighted by molar-refractivity contribution is 5.40. The fourth-order valence-electron chi connectivity index (χ4n) is 2.66. The fourth-order valence-corrected chi connectivity index (χ4v) is 2.66. The minimum atomic E-state index is 0.323. The molecule has 0 saturated carbocycles. The van der Waals surface area contributed by atoms with Crippen LogP contribution in [0.2, 0.25) is 0 Å². The molecule has 0 aliphatic carbocycles. The summed E-state index contributed by atoms with van der Waals surface area (Å²) < 4.78 is 5.76. The Morgan fingerprint density at radius 3 is 2.67 bits per heavy atom. The van der Waals surface area contributed by atoms with Crippen LogP contribution in [-0.2, 0) is 4.74 Å². The molecule has 100 valence electrons. The number of nitrogens with two attached hydrogens (primary N) is 1. The molecule has 3 atom stereocenters. The summed E-state index contributed by atoms with van der Waals surface area (Å²) in [5, 5.41) is 0. The van der Waals surface area contributed by atoms with E-state index in [0.717, 1.165) is 25.3 Å². The van der Waals surface area contributed by atoms with Crippen molar-refractivity contribution in [3.63, 3.8) is 0 Å². The van der Waals surface area contributed by atoms with Gasteiger partial charge in [-0.2, -0.15) is 0 Å². The first kappa shape index (κ1) is 13.4. The van der Waals surface area contributed by atoms with Crippen LogP contribution in [0.25, 0.3) is 0 Å². The summed E-state index contributed by atoms with van der Waals surface area (Å²) in [6.07, 6.45) is 1.45. The van der Waals surface area contributed by atoms with Crippen LogP contribution < -0.4 is 5.73 Å². The lowest BCUT2D eigenvalue weighted by molar-refractivity contribution is -0.0705. The molecular formula is C15H24N2O. The van der Waals surface area contributed by atoms with Gasteiger partial charge in [0.25, 0.3) is 0 Å². The number of ether oxygens (including phenoxy) is 1. The number of nitrogens with zero attached hydrogens (tertiary/aromatic N) is 1. The normalized spacial score (nSPS) is 27.1. The van der Waals surface area contributed by atoms with Gasteiger partial charge in [0.2, 0.25) is 0 Å². The molecule has 0 radical (unpaired) electrons. The third kappa shape index (κ3) is 2.85. The number of benzene rings is 1. The van der Waals surface area contributed by atoms with Gasteiger partial charge in [0.15, 0.2) is 0 Å². The summed E-state index contributed by atoms with van der Waals surface area (Å²) in [5.41, 5.74) is 7.90. The van der Waals surface area contributed by atoms with E-state index in [-0.39, 0.29) is 0 Å². The highest BCUT2D eigenvalue weighted by Gasteiger charge is 2.29. The van der Waals surface area contributed by atoms with E-state index in [1.807, 2.05) is 12.1 Å². The smallest absolute Gasteiger partial charge is 0.0675 e. The average molecular weight is 248 g/mol. The van der Waals surface area contributed by atoms with Crippen molar-refractivity contribution in [1.82, 2.24) is 4.90 Å². The molecule has 1 aromatic carbocycles. The van der Waals surface area contributed by atoms with Crippen LogP contribution in [0.4, 0.5) is 5.69 Å². The summed E-state index contributed by atoms with van der Waals surface area (Å²) >= 11 is 0. The fraction of sp³-hybridized carbons (Fsp3) is 0.600. The molecule has 1 aromatic rings. The third-order valence-corrected chi connectivity index (χ3v) is 3.90. The topological polar surface area (TPSA) is 38.5 Å². The lowest BCUT2D eigenvalue weighted by Crippen LogP contribution is -2.49. The Kier molecular flexibility index (Phi) is 4.25. The van der Waals surface area contributed by atoms with Gasteiger partial charge in [-0.1, -0.05) is 19.1 Å². The minimum absolute atomic E-state index is 0.323. The Bertz CT molecular complexity index is 377. The SMILES string of the molecule is CCC1COC(C)CN1C(C)c1ccc(N)cc1. The summed E-state index contributed by atoms with van der Waals surface area (Å²) in [5.74, 6) is 0. The second-order valence-electron chi connectivity index (χ2n) is 5.25. The summed E-state index contributed by atoms with van der Waals surface area (Å²) in [6.45, 7) is 8.49. The third-order valence-electron chi connectivity index (χ3n) is 3.90. The highest BCUT2D eigenvalue weighted by Crippen LogP contribution is 2.27. The molecule has 0 aromatic heterocycles. The average Bonchev–Trinajstić information content (AvgIpc) is 2.39. The molecule has 0 spiro atoms. The van der Waals surface area contributed by atoms with E-state index in [4.69, 9.17) is 10.5 Å². The van der Waals surface area contributed by atoms with Crippen LogP contribution in [0.5, 0.6) is 0 Å². The number of anilines is 1. The molecule has 1 saturated heterocycles. The first-order chi connectivity index (χ1) is 8.61. The van der Waals surface area contributed by atoms with Crippen LogP contribution in [0.1, 0.15) is 38.8 Å². The lowest BCUT2D eigenvalue weighted by atomic mass is 10.0. The van der Waals surface area contributed by atoms with Crippen LogP contribution >= 0.6 is 0 Å². The molecule has 1 fully saturated rings. The zero-order valence-corrected chi connectivity index (χ0v) is 11.6. The van der Waals surface area contributed by atoms with Crippen molar-refractivity contribution < 1.29 is 4.74 Å². The quantitative estimate of drug-likeness (QED) is 0.836. The molecule has 3 nitrogen and oxygen atoms in total. The van der Waals surface area contributed by atoms with E-state index in [1.165, 1.54) is 5.56 Å². The lowest BCUT2D eigenvalue weighted by Gasteiger charge is -2.42. The van der Waals surface area contributed by atoms with E-state index in [1.54, 1.807) is 0 Å². The molecule has 3 heteroatoms. The summed E-state index contributed by atoms with van der Waals surface area (Å²) in [4.78, 5) is 2.56. The first-order valence-corrected chi connectivity index (χ1v) is 6.84. The van der Waals surface area contributed by atoms with Crippen molar-refractivity contribution >= 4 is 5.69 Å². The van der Waals surface area contributed by atoms with Crippen molar-refractivity contribution in [2.45, 2.75) is 45.4 Å². The van der Waals surface area contributed by atoms with Gasteiger partial charge in [-0.15, -0.1) is 0 Å². The Morgan fingerprint density at radius 2 is 2.06 bits per heavy atom. The van der Waals surface area contributed by atoms with Gasteiger partial charge in [0.05, 0.1) is 12.7 Å². The minimum Gasteiger partial charge on any atom is -0.399 e. The van der Waals surface area contributed by atoms with Gasteiger partial charge >= 0.3 is 0 Å². The number of hydrogen-bond donors (Lipinski definition) is 1. The Labute approximate surface area is 110 Å². The number of morpholine rings is 1. The Morgan fingerprint density at radius 1 is 1.39 bits per heavy atom. The molecule has 1 heterocycles. The van der Waals surface area contributed by atoms with Crippen molar-refractivity contribution in [1.29, 1.82) is 0 Å². The van der Waals surface area contributed by atoms with Crippen LogP contribution in [0, 0.1) is 0 Å². The van der Waals surface area contributed by atoms with Gasteiger partial charge in [0.1, 0.15) is 0 Å². The molecule has 2 rings (SSSR count). The van der Waals surface area contributed by atoms with Gasteiger partial charge < -0.3 is 10.5 Å². The predicted molar refractivity (Wildman–Crippen MR) is 75.5 cm³/mol. The van der Waals surface area contributed by atoms with Crippen molar-refractivity contribution in [3.8, 4) is 0 Å². The van der Waals surface area contributed by atoms with Gasteiger partial charge in [-0.3, -0.25) is 4.90 Å². The van der Waals surface area contributed by atoms with Crippen molar-refractivity contribution in [2.24, 2.45) is 0 Å². The van der Waals surface area contributed by atoms with Gasteiger partial charge in [0, 0.05) is 24.3 Å².